The monoisotopic (exact) mass is 449 g/mol. The molecule has 3 rings (SSSR count). The molecule has 3 aromatic rings. The van der Waals surface area contributed by atoms with Crippen LogP contribution in [0.5, 0.6) is 0 Å². The molecule has 4 N–H and O–H groups in total. The third kappa shape index (κ3) is 5.88. The molecule has 1 heterocycles. The van der Waals surface area contributed by atoms with Crippen molar-refractivity contribution in [3.63, 3.8) is 0 Å². The number of sulfonamides is 1. The average Bonchev–Trinajstić information content (AvgIpc) is 3.12. The van der Waals surface area contributed by atoms with Crippen molar-refractivity contribution >= 4 is 56.2 Å². The van der Waals surface area contributed by atoms with Crippen molar-refractivity contribution in [3.8, 4) is 0 Å². The van der Waals surface area contributed by atoms with Crippen LogP contribution in [0.3, 0.4) is 0 Å². The summed E-state index contributed by atoms with van der Waals surface area (Å²) in [5.41, 5.74) is 1.59. The number of halogens is 1. The fourth-order valence-electron chi connectivity index (χ4n) is 2.41. The number of anilines is 2. The SMILES string of the molecule is NS(=O)(=O)c1ccc(CC(=O)Nc2ccc(NC(=O)c3ccc(Cl)cc3)cc2)s1. The number of benzene rings is 2. The number of amides is 2. The van der Waals surface area contributed by atoms with E-state index in [0.29, 0.717) is 26.8 Å². The molecule has 2 amide bonds. The Bertz CT molecular complexity index is 1140. The van der Waals surface area contributed by atoms with E-state index >= 15 is 0 Å². The van der Waals surface area contributed by atoms with Gasteiger partial charge in [-0.15, -0.1) is 11.3 Å². The average molecular weight is 450 g/mol. The lowest BCUT2D eigenvalue weighted by Crippen LogP contribution is -2.14. The largest absolute Gasteiger partial charge is 0.326 e. The van der Waals surface area contributed by atoms with Gasteiger partial charge in [0.1, 0.15) is 4.21 Å². The Morgan fingerprint density at radius 1 is 0.897 bits per heavy atom. The summed E-state index contributed by atoms with van der Waals surface area (Å²) in [5, 5.41) is 11.1. The lowest BCUT2D eigenvalue weighted by atomic mass is 10.2. The van der Waals surface area contributed by atoms with Crippen LogP contribution in [-0.4, -0.2) is 20.2 Å². The molecule has 0 atom stereocenters. The summed E-state index contributed by atoms with van der Waals surface area (Å²) in [7, 11) is -3.77. The van der Waals surface area contributed by atoms with Crippen molar-refractivity contribution in [2.45, 2.75) is 10.6 Å². The van der Waals surface area contributed by atoms with Gasteiger partial charge in [-0.25, -0.2) is 13.6 Å². The summed E-state index contributed by atoms with van der Waals surface area (Å²) < 4.78 is 22.6. The number of thiophene rings is 1. The van der Waals surface area contributed by atoms with E-state index in [1.807, 2.05) is 0 Å². The second kappa shape index (κ2) is 8.75. The van der Waals surface area contributed by atoms with E-state index in [-0.39, 0.29) is 22.4 Å². The zero-order valence-corrected chi connectivity index (χ0v) is 17.3. The highest BCUT2D eigenvalue weighted by atomic mass is 35.5. The predicted molar refractivity (Wildman–Crippen MR) is 114 cm³/mol. The van der Waals surface area contributed by atoms with Crippen molar-refractivity contribution in [1.82, 2.24) is 0 Å². The summed E-state index contributed by atoms with van der Waals surface area (Å²) in [6, 6.07) is 16.1. The van der Waals surface area contributed by atoms with Gasteiger partial charge in [0.25, 0.3) is 5.91 Å². The van der Waals surface area contributed by atoms with Crippen molar-refractivity contribution in [2.24, 2.45) is 5.14 Å². The van der Waals surface area contributed by atoms with Gasteiger partial charge in [-0.2, -0.15) is 0 Å². The van der Waals surface area contributed by atoms with E-state index in [0.717, 1.165) is 11.3 Å². The molecule has 0 saturated carbocycles. The van der Waals surface area contributed by atoms with Crippen LogP contribution < -0.4 is 15.8 Å². The molecule has 0 aliphatic heterocycles. The third-order valence-electron chi connectivity index (χ3n) is 3.79. The van der Waals surface area contributed by atoms with Crippen LogP contribution >= 0.6 is 22.9 Å². The Kier molecular flexibility index (Phi) is 6.33. The molecule has 0 fully saturated rings. The Hall–Kier alpha value is -2.72. The minimum absolute atomic E-state index is 0.0149. The Labute approximate surface area is 176 Å². The highest BCUT2D eigenvalue weighted by Gasteiger charge is 2.13. The lowest BCUT2D eigenvalue weighted by Gasteiger charge is -2.08. The maximum absolute atomic E-state index is 12.2. The standard InChI is InChI=1S/C19H16ClN3O4S2/c20-13-3-1-12(2-4-13)19(25)23-15-7-5-14(6-8-15)22-17(24)11-16-9-10-18(28-16)29(21,26)27/h1-10H,11H2,(H,22,24)(H,23,25)(H2,21,26,27). The third-order valence-corrected chi connectivity index (χ3v) is 6.56. The zero-order valence-electron chi connectivity index (χ0n) is 14.9. The van der Waals surface area contributed by atoms with E-state index in [9.17, 15) is 18.0 Å². The molecule has 29 heavy (non-hydrogen) atoms. The number of nitrogens with two attached hydrogens (primary N) is 1. The fourth-order valence-corrected chi connectivity index (χ4v) is 4.31. The van der Waals surface area contributed by atoms with Crippen LogP contribution in [0.1, 0.15) is 15.2 Å². The van der Waals surface area contributed by atoms with Gasteiger partial charge in [-0.1, -0.05) is 11.6 Å². The normalized spacial score (nSPS) is 11.1. The van der Waals surface area contributed by atoms with Crippen molar-refractivity contribution in [3.05, 3.63) is 76.1 Å². The second-order valence-corrected chi connectivity index (χ2v) is 9.42. The molecule has 0 aliphatic rings. The van der Waals surface area contributed by atoms with Crippen LogP contribution in [0.25, 0.3) is 0 Å². The Morgan fingerprint density at radius 3 is 2.03 bits per heavy atom. The fraction of sp³-hybridized carbons (Fsp3) is 0.0526. The molecule has 0 aliphatic carbocycles. The number of carbonyl (C=O) groups excluding carboxylic acids is 2. The minimum atomic E-state index is -3.77. The van der Waals surface area contributed by atoms with Crippen molar-refractivity contribution in [1.29, 1.82) is 0 Å². The van der Waals surface area contributed by atoms with Crippen LogP contribution in [0.4, 0.5) is 11.4 Å². The number of nitrogens with one attached hydrogen (secondary N) is 2. The highest BCUT2D eigenvalue weighted by Crippen LogP contribution is 2.21. The predicted octanol–water partition coefficient (Wildman–Crippen LogP) is 3.48. The van der Waals surface area contributed by atoms with E-state index in [1.54, 1.807) is 54.6 Å². The van der Waals surface area contributed by atoms with Gasteiger partial charge >= 0.3 is 0 Å². The van der Waals surface area contributed by atoms with Crippen LogP contribution in [-0.2, 0) is 21.2 Å². The Morgan fingerprint density at radius 2 is 1.48 bits per heavy atom. The number of hydrogen-bond acceptors (Lipinski definition) is 5. The second-order valence-electron chi connectivity index (χ2n) is 6.03. The first kappa shape index (κ1) is 21.0. The molecule has 0 bridgehead atoms. The molecular weight excluding hydrogens is 434 g/mol. The first-order chi connectivity index (χ1) is 13.7. The molecule has 150 valence electrons. The Balaban J connectivity index is 1.57. The van der Waals surface area contributed by atoms with Gasteiger partial charge in [0.05, 0.1) is 6.42 Å². The molecule has 0 saturated heterocycles. The molecular formula is C19H16ClN3O4S2. The molecule has 1 aromatic heterocycles. The topological polar surface area (TPSA) is 118 Å². The molecule has 10 heteroatoms. The first-order valence-corrected chi connectivity index (χ1v) is 11.0. The molecule has 0 unspecified atom stereocenters. The molecule has 0 radical (unpaired) electrons. The van der Waals surface area contributed by atoms with Crippen LogP contribution in [0.2, 0.25) is 5.02 Å². The van der Waals surface area contributed by atoms with Crippen molar-refractivity contribution < 1.29 is 18.0 Å². The van der Waals surface area contributed by atoms with Gasteiger partial charge < -0.3 is 10.6 Å². The summed E-state index contributed by atoms with van der Waals surface area (Å²) in [5.74, 6) is -0.576. The minimum Gasteiger partial charge on any atom is -0.326 e. The van der Waals surface area contributed by atoms with Gasteiger partial charge in [0.15, 0.2) is 0 Å². The van der Waals surface area contributed by atoms with Gasteiger partial charge in [0.2, 0.25) is 15.9 Å². The molecule has 0 spiro atoms. The van der Waals surface area contributed by atoms with E-state index in [1.165, 1.54) is 6.07 Å². The number of rotatable bonds is 6. The van der Waals surface area contributed by atoms with Crippen LogP contribution in [0.15, 0.2) is 64.9 Å². The van der Waals surface area contributed by atoms with Gasteiger partial charge in [-0.3, -0.25) is 9.59 Å². The smallest absolute Gasteiger partial charge is 0.255 e. The number of carbonyl (C=O) groups is 2. The first-order valence-electron chi connectivity index (χ1n) is 8.29. The van der Waals surface area contributed by atoms with E-state index < -0.39 is 10.0 Å². The van der Waals surface area contributed by atoms with E-state index in [2.05, 4.69) is 10.6 Å². The summed E-state index contributed by atoms with van der Waals surface area (Å²) in [6.45, 7) is 0. The summed E-state index contributed by atoms with van der Waals surface area (Å²) in [6.07, 6.45) is 0.0231. The van der Waals surface area contributed by atoms with Crippen molar-refractivity contribution in [2.75, 3.05) is 10.6 Å². The van der Waals surface area contributed by atoms with E-state index in [4.69, 9.17) is 16.7 Å². The zero-order chi connectivity index (χ0) is 21.0. The summed E-state index contributed by atoms with van der Waals surface area (Å²) >= 11 is 6.77. The number of hydrogen-bond donors (Lipinski definition) is 3. The van der Waals surface area contributed by atoms with Crippen LogP contribution in [0, 0.1) is 0 Å². The van der Waals surface area contributed by atoms with Gasteiger partial charge in [0, 0.05) is 26.8 Å². The summed E-state index contributed by atoms with van der Waals surface area (Å²) in [4.78, 5) is 24.9. The maximum Gasteiger partial charge on any atom is 0.255 e. The maximum atomic E-state index is 12.2. The molecule has 7 nitrogen and oxygen atoms in total. The number of primary sulfonamides is 1. The van der Waals surface area contributed by atoms with Gasteiger partial charge in [-0.05, 0) is 60.7 Å². The highest BCUT2D eigenvalue weighted by molar-refractivity contribution is 7.91. The lowest BCUT2D eigenvalue weighted by molar-refractivity contribution is -0.115. The molecule has 2 aromatic carbocycles. The quantitative estimate of drug-likeness (QED) is 0.533.